The van der Waals surface area contributed by atoms with E-state index in [4.69, 9.17) is 23.2 Å². The number of hydrogen-bond acceptors (Lipinski definition) is 4. The molecule has 2 aromatic rings. The van der Waals surface area contributed by atoms with Gasteiger partial charge in [-0.25, -0.2) is 8.42 Å². The fourth-order valence-electron chi connectivity index (χ4n) is 3.65. The molecule has 0 fully saturated rings. The van der Waals surface area contributed by atoms with Gasteiger partial charge in [-0.05, 0) is 57.9 Å². The van der Waals surface area contributed by atoms with E-state index in [0.717, 1.165) is 21.7 Å². The second-order valence-electron chi connectivity index (χ2n) is 8.88. The van der Waals surface area contributed by atoms with E-state index in [2.05, 4.69) is 5.32 Å². The summed E-state index contributed by atoms with van der Waals surface area (Å²) in [6.07, 6.45) is 1.36. The Balaban J connectivity index is 2.21. The van der Waals surface area contributed by atoms with Crippen molar-refractivity contribution in [2.75, 3.05) is 17.1 Å². The summed E-state index contributed by atoms with van der Waals surface area (Å²) in [7, 11) is -3.67. The standard InChI is InChI=1S/C25H33Cl2N3O4S/c1-17(2)28-25(32)19(4)29(16-20-9-6-8-18(3)14-20)24(31)10-7-13-30(35(5,33)34)23-15-21(26)11-12-22(23)27/h6,8-9,11-12,14-15,17,19H,7,10,13,16H2,1-5H3,(H,28,32)/t19-/m0/s1. The van der Waals surface area contributed by atoms with Crippen LogP contribution in [0.4, 0.5) is 5.69 Å². The van der Waals surface area contributed by atoms with Crippen molar-refractivity contribution in [3.8, 4) is 0 Å². The highest BCUT2D eigenvalue weighted by Gasteiger charge is 2.27. The Kier molecular flexibility index (Phi) is 10.4. The number of halogens is 2. The van der Waals surface area contributed by atoms with Gasteiger partial charge in [-0.2, -0.15) is 0 Å². The number of benzene rings is 2. The fourth-order valence-corrected chi connectivity index (χ4v) is 5.06. The normalized spacial score (nSPS) is 12.3. The molecule has 0 radical (unpaired) electrons. The maximum absolute atomic E-state index is 13.3. The molecular weight excluding hydrogens is 509 g/mol. The lowest BCUT2D eigenvalue weighted by Gasteiger charge is -2.30. The summed E-state index contributed by atoms with van der Waals surface area (Å²) >= 11 is 12.3. The van der Waals surface area contributed by atoms with E-state index >= 15 is 0 Å². The molecule has 1 atom stereocenters. The van der Waals surface area contributed by atoms with Crippen molar-refractivity contribution in [1.82, 2.24) is 10.2 Å². The zero-order chi connectivity index (χ0) is 26.3. The van der Waals surface area contributed by atoms with Crippen molar-refractivity contribution in [3.63, 3.8) is 0 Å². The van der Waals surface area contributed by atoms with Gasteiger partial charge >= 0.3 is 0 Å². The first-order valence-electron chi connectivity index (χ1n) is 11.4. The van der Waals surface area contributed by atoms with Crippen LogP contribution >= 0.6 is 23.2 Å². The molecule has 0 heterocycles. The van der Waals surface area contributed by atoms with E-state index in [1.54, 1.807) is 13.0 Å². The van der Waals surface area contributed by atoms with Crippen molar-refractivity contribution in [3.05, 3.63) is 63.6 Å². The topological polar surface area (TPSA) is 86.8 Å². The van der Waals surface area contributed by atoms with E-state index in [-0.39, 0.29) is 54.5 Å². The zero-order valence-electron chi connectivity index (χ0n) is 20.7. The number of nitrogens with one attached hydrogen (secondary N) is 1. The molecule has 2 aromatic carbocycles. The maximum Gasteiger partial charge on any atom is 0.242 e. The Morgan fingerprint density at radius 2 is 1.74 bits per heavy atom. The zero-order valence-corrected chi connectivity index (χ0v) is 23.0. The highest BCUT2D eigenvalue weighted by Crippen LogP contribution is 2.31. The van der Waals surface area contributed by atoms with E-state index in [9.17, 15) is 18.0 Å². The number of anilines is 1. The quantitative estimate of drug-likeness (QED) is 0.443. The van der Waals surface area contributed by atoms with E-state index < -0.39 is 16.1 Å². The fraction of sp³-hybridized carbons (Fsp3) is 0.440. The Bertz CT molecular complexity index is 1160. The lowest BCUT2D eigenvalue weighted by Crippen LogP contribution is -2.49. The number of aryl methyl sites for hydroxylation is 1. The molecule has 0 spiro atoms. The number of sulfonamides is 1. The summed E-state index contributed by atoms with van der Waals surface area (Å²) in [5.41, 5.74) is 2.22. The van der Waals surface area contributed by atoms with Gasteiger partial charge in [0.25, 0.3) is 0 Å². The second-order valence-corrected chi connectivity index (χ2v) is 11.6. The highest BCUT2D eigenvalue weighted by molar-refractivity contribution is 7.92. The minimum atomic E-state index is -3.67. The molecule has 0 aliphatic carbocycles. The smallest absolute Gasteiger partial charge is 0.242 e. The molecule has 0 unspecified atom stereocenters. The predicted molar refractivity (Wildman–Crippen MR) is 142 cm³/mol. The summed E-state index contributed by atoms with van der Waals surface area (Å²) < 4.78 is 26.1. The third-order valence-electron chi connectivity index (χ3n) is 5.36. The molecule has 35 heavy (non-hydrogen) atoms. The molecule has 1 N–H and O–H groups in total. The monoisotopic (exact) mass is 541 g/mol. The third kappa shape index (κ3) is 8.70. The first kappa shape index (κ1) is 28.9. The number of hydrogen-bond donors (Lipinski definition) is 1. The van der Waals surface area contributed by atoms with Gasteiger partial charge < -0.3 is 10.2 Å². The molecule has 10 heteroatoms. The van der Waals surface area contributed by atoms with Crippen LogP contribution in [0.5, 0.6) is 0 Å². The summed E-state index contributed by atoms with van der Waals surface area (Å²) in [5.74, 6) is -0.493. The van der Waals surface area contributed by atoms with E-state index in [0.29, 0.717) is 5.02 Å². The van der Waals surface area contributed by atoms with Crippen LogP contribution in [0.3, 0.4) is 0 Å². The van der Waals surface area contributed by atoms with Gasteiger partial charge in [-0.3, -0.25) is 13.9 Å². The predicted octanol–water partition coefficient (Wildman–Crippen LogP) is 4.79. The van der Waals surface area contributed by atoms with Crippen LogP contribution < -0.4 is 9.62 Å². The van der Waals surface area contributed by atoms with Crippen LogP contribution in [0.2, 0.25) is 10.0 Å². The SMILES string of the molecule is Cc1cccc(CN(C(=O)CCCN(c2cc(Cl)ccc2Cl)S(C)(=O)=O)[C@@H](C)C(=O)NC(C)C)c1. The van der Waals surface area contributed by atoms with Gasteiger partial charge in [-0.15, -0.1) is 0 Å². The summed E-state index contributed by atoms with van der Waals surface area (Å²) in [6.45, 7) is 7.68. The minimum absolute atomic E-state index is 0.0372. The van der Waals surface area contributed by atoms with Gasteiger partial charge in [0.15, 0.2) is 0 Å². The van der Waals surface area contributed by atoms with Crippen LogP contribution in [-0.4, -0.2) is 50.0 Å². The summed E-state index contributed by atoms with van der Waals surface area (Å²) in [6, 6.07) is 11.6. The van der Waals surface area contributed by atoms with Crippen molar-refractivity contribution < 1.29 is 18.0 Å². The molecule has 2 amide bonds. The van der Waals surface area contributed by atoms with E-state index in [1.807, 2.05) is 45.0 Å². The molecule has 0 aliphatic rings. The third-order valence-corrected chi connectivity index (χ3v) is 7.10. The molecule has 2 rings (SSSR count). The molecule has 0 saturated heterocycles. The maximum atomic E-state index is 13.3. The number of carbonyl (C=O) groups is 2. The van der Waals surface area contributed by atoms with Gasteiger partial charge in [0.05, 0.1) is 17.0 Å². The Hall–Kier alpha value is -2.29. The van der Waals surface area contributed by atoms with Gasteiger partial charge in [-0.1, -0.05) is 53.0 Å². The minimum Gasteiger partial charge on any atom is -0.352 e. The average Bonchev–Trinajstić information content (AvgIpc) is 2.75. The van der Waals surface area contributed by atoms with Crippen molar-refractivity contribution in [2.45, 2.75) is 59.2 Å². The van der Waals surface area contributed by atoms with Crippen LogP contribution in [0, 0.1) is 6.92 Å². The first-order valence-corrected chi connectivity index (χ1v) is 14.0. The highest BCUT2D eigenvalue weighted by atomic mass is 35.5. The van der Waals surface area contributed by atoms with Gasteiger partial charge in [0.2, 0.25) is 21.8 Å². The molecule has 7 nitrogen and oxygen atoms in total. The Morgan fingerprint density at radius 3 is 2.34 bits per heavy atom. The van der Waals surface area contributed by atoms with Crippen LogP contribution in [-0.2, 0) is 26.2 Å². The molecule has 0 saturated carbocycles. The first-order chi connectivity index (χ1) is 16.3. The van der Waals surface area contributed by atoms with Crippen LogP contribution in [0.1, 0.15) is 44.7 Å². The molecule has 192 valence electrons. The number of carbonyl (C=O) groups excluding carboxylic acids is 2. The van der Waals surface area contributed by atoms with Gasteiger partial charge in [0, 0.05) is 30.6 Å². The Labute approximate surface area is 218 Å². The Morgan fingerprint density at radius 1 is 1.06 bits per heavy atom. The molecular formula is C25H33Cl2N3O4S. The van der Waals surface area contributed by atoms with E-state index in [1.165, 1.54) is 17.0 Å². The molecule has 0 bridgehead atoms. The average molecular weight is 543 g/mol. The van der Waals surface area contributed by atoms with Crippen LogP contribution in [0.15, 0.2) is 42.5 Å². The molecule has 0 aliphatic heterocycles. The van der Waals surface area contributed by atoms with Crippen molar-refractivity contribution in [2.24, 2.45) is 0 Å². The number of rotatable bonds is 11. The lowest BCUT2D eigenvalue weighted by atomic mass is 10.1. The van der Waals surface area contributed by atoms with Gasteiger partial charge in [0.1, 0.15) is 6.04 Å². The van der Waals surface area contributed by atoms with Crippen molar-refractivity contribution >= 4 is 50.7 Å². The summed E-state index contributed by atoms with van der Waals surface area (Å²) in [5, 5.41) is 3.45. The lowest BCUT2D eigenvalue weighted by molar-refractivity contribution is -0.140. The summed E-state index contributed by atoms with van der Waals surface area (Å²) in [4.78, 5) is 27.5. The largest absolute Gasteiger partial charge is 0.352 e. The number of amides is 2. The molecule has 0 aromatic heterocycles. The van der Waals surface area contributed by atoms with Crippen LogP contribution in [0.25, 0.3) is 0 Å². The number of nitrogens with zero attached hydrogens (tertiary/aromatic N) is 2. The van der Waals surface area contributed by atoms with Crippen molar-refractivity contribution in [1.29, 1.82) is 0 Å². The second kappa shape index (κ2) is 12.6.